The molecule has 1 amide bonds. The van der Waals surface area contributed by atoms with Crippen molar-refractivity contribution in [3.63, 3.8) is 0 Å². The summed E-state index contributed by atoms with van der Waals surface area (Å²) in [6.07, 6.45) is 5.21. The molecule has 0 aromatic heterocycles. The molecule has 1 N–H and O–H groups in total. The molecule has 1 heterocycles. The van der Waals surface area contributed by atoms with E-state index in [1.165, 1.54) is 17.5 Å². The third-order valence-corrected chi connectivity index (χ3v) is 4.71. The van der Waals surface area contributed by atoms with Gasteiger partial charge in [-0.2, -0.15) is 0 Å². The van der Waals surface area contributed by atoms with E-state index in [9.17, 15) is 9.59 Å². The van der Waals surface area contributed by atoms with Gasteiger partial charge in [0.2, 0.25) is 0 Å². The Morgan fingerprint density at radius 2 is 1.86 bits per heavy atom. The van der Waals surface area contributed by atoms with E-state index < -0.39 is 5.97 Å². The number of carbonyl (C=O) groups is 2. The molecule has 4 nitrogen and oxygen atoms in total. The minimum Gasteiger partial charge on any atom is -0.481 e. The summed E-state index contributed by atoms with van der Waals surface area (Å²) in [6, 6.07) is 6.08. The van der Waals surface area contributed by atoms with Gasteiger partial charge in [-0.3, -0.25) is 9.59 Å². The van der Waals surface area contributed by atoms with Crippen LogP contribution in [0, 0.1) is 5.92 Å². The van der Waals surface area contributed by atoms with Gasteiger partial charge in [-0.25, -0.2) is 0 Å². The highest BCUT2D eigenvalue weighted by Crippen LogP contribution is 2.25. The van der Waals surface area contributed by atoms with Crippen molar-refractivity contribution < 1.29 is 14.7 Å². The van der Waals surface area contributed by atoms with Gasteiger partial charge < -0.3 is 10.0 Å². The SMILES string of the molecule is O=C(O)CC1CCN(C(=O)c2ccc3c(c2)CCC3)CC1. The van der Waals surface area contributed by atoms with E-state index in [0.717, 1.165) is 31.2 Å². The molecule has 1 aliphatic heterocycles. The molecule has 1 aliphatic carbocycles. The molecule has 0 atom stereocenters. The average molecular weight is 287 g/mol. The molecule has 1 aromatic carbocycles. The summed E-state index contributed by atoms with van der Waals surface area (Å²) in [5.74, 6) is -0.427. The third-order valence-electron chi connectivity index (χ3n) is 4.71. The first-order valence-electron chi connectivity index (χ1n) is 7.76. The lowest BCUT2D eigenvalue weighted by atomic mass is 9.93. The monoisotopic (exact) mass is 287 g/mol. The standard InChI is InChI=1S/C17H21NO3/c19-16(20)10-12-6-8-18(9-7-12)17(21)15-5-4-13-2-1-3-14(13)11-15/h4-5,11-12H,1-3,6-10H2,(H,19,20). The van der Waals surface area contributed by atoms with Gasteiger partial charge in [0.15, 0.2) is 0 Å². The van der Waals surface area contributed by atoms with Gasteiger partial charge in [-0.05, 0) is 61.3 Å². The predicted octanol–water partition coefficient (Wildman–Crippen LogP) is 2.50. The number of benzene rings is 1. The van der Waals surface area contributed by atoms with Gasteiger partial charge in [0.1, 0.15) is 0 Å². The van der Waals surface area contributed by atoms with E-state index in [1.807, 2.05) is 17.0 Å². The van der Waals surface area contributed by atoms with Crippen molar-refractivity contribution in [2.75, 3.05) is 13.1 Å². The smallest absolute Gasteiger partial charge is 0.303 e. The van der Waals surface area contributed by atoms with Crippen LogP contribution in [0.4, 0.5) is 0 Å². The minimum atomic E-state index is -0.738. The molecule has 112 valence electrons. The molecule has 0 radical (unpaired) electrons. The van der Waals surface area contributed by atoms with Crippen LogP contribution in [-0.2, 0) is 17.6 Å². The zero-order valence-electron chi connectivity index (χ0n) is 12.2. The zero-order chi connectivity index (χ0) is 14.8. The first kappa shape index (κ1) is 14.1. The number of carbonyl (C=O) groups excluding carboxylic acids is 1. The van der Waals surface area contributed by atoms with Gasteiger partial charge in [-0.15, -0.1) is 0 Å². The maximum atomic E-state index is 12.5. The number of aliphatic carboxylic acids is 1. The first-order chi connectivity index (χ1) is 10.1. The number of aryl methyl sites for hydroxylation is 2. The van der Waals surface area contributed by atoms with E-state index in [1.54, 1.807) is 0 Å². The van der Waals surface area contributed by atoms with Gasteiger partial charge >= 0.3 is 5.97 Å². The molecular weight excluding hydrogens is 266 g/mol. The molecule has 0 saturated carbocycles. The Morgan fingerprint density at radius 3 is 2.57 bits per heavy atom. The lowest BCUT2D eigenvalue weighted by Crippen LogP contribution is -2.38. The van der Waals surface area contributed by atoms with Crippen LogP contribution in [0.5, 0.6) is 0 Å². The maximum absolute atomic E-state index is 12.5. The van der Waals surface area contributed by atoms with Crippen LogP contribution in [-0.4, -0.2) is 35.0 Å². The summed E-state index contributed by atoms with van der Waals surface area (Å²) in [5, 5.41) is 8.83. The van der Waals surface area contributed by atoms with Crippen molar-refractivity contribution in [1.29, 1.82) is 0 Å². The Balaban J connectivity index is 1.63. The Bertz CT molecular complexity index is 559. The summed E-state index contributed by atoms with van der Waals surface area (Å²) in [4.78, 5) is 25.1. The fourth-order valence-electron chi connectivity index (χ4n) is 3.47. The molecule has 4 heteroatoms. The zero-order valence-corrected chi connectivity index (χ0v) is 12.2. The fourth-order valence-corrected chi connectivity index (χ4v) is 3.47. The molecular formula is C17H21NO3. The largest absolute Gasteiger partial charge is 0.481 e. The highest BCUT2D eigenvalue weighted by Gasteiger charge is 2.25. The summed E-state index contributed by atoms with van der Waals surface area (Å²) < 4.78 is 0. The van der Waals surface area contributed by atoms with Gasteiger partial charge in [0.25, 0.3) is 5.91 Å². The molecule has 21 heavy (non-hydrogen) atoms. The summed E-state index contributed by atoms with van der Waals surface area (Å²) >= 11 is 0. The first-order valence-corrected chi connectivity index (χ1v) is 7.76. The van der Waals surface area contributed by atoms with E-state index in [2.05, 4.69) is 6.07 Å². The third kappa shape index (κ3) is 3.09. The predicted molar refractivity (Wildman–Crippen MR) is 79.3 cm³/mol. The molecule has 0 unspecified atom stereocenters. The topological polar surface area (TPSA) is 57.6 Å². The summed E-state index contributed by atoms with van der Waals surface area (Å²) in [7, 11) is 0. The van der Waals surface area contributed by atoms with E-state index in [-0.39, 0.29) is 18.2 Å². The second-order valence-corrected chi connectivity index (χ2v) is 6.17. The van der Waals surface area contributed by atoms with Crippen LogP contribution in [0.3, 0.4) is 0 Å². The van der Waals surface area contributed by atoms with Crippen LogP contribution >= 0.6 is 0 Å². The second kappa shape index (κ2) is 5.88. The normalized spacial score (nSPS) is 18.6. The Kier molecular flexibility index (Phi) is 3.95. The van der Waals surface area contributed by atoms with Crippen molar-refractivity contribution >= 4 is 11.9 Å². The lowest BCUT2D eigenvalue weighted by Gasteiger charge is -2.31. The molecule has 1 fully saturated rings. The fraction of sp³-hybridized carbons (Fsp3) is 0.529. The number of piperidine rings is 1. The van der Waals surface area contributed by atoms with Gasteiger partial charge in [-0.1, -0.05) is 6.07 Å². The lowest BCUT2D eigenvalue weighted by molar-refractivity contribution is -0.138. The number of nitrogens with zero attached hydrogens (tertiary/aromatic N) is 1. The van der Waals surface area contributed by atoms with Crippen molar-refractivity contribution in [3.8, 4) is 0 Å². The number of carboxylic acids is 1. The second-order valence-electron chi connectivity index (χ2n) is 6.17. The maximum Gasteiger partial charge on any atom is 0.303 e. The summed E-state index contributed by atoms with van der Waals surface area (Å²) in [5.41, 5.74) is 3.49. The highest BCUT2D eigenvalue weighted by molar-refractivity contribution is 5.94. The Hall–Kier alpha value is -1.84. The Morgan fingerprint density at radius 1 is 1.14 bits per heavy atom. The molecule has 0 spiro atoms. The molecule has 2 aliphatic rings. The highest BCUT2D eigenvalue weighted by atomic mass is 16.4. The van der Waals surface area contributed by atoms with Crippen LogP contribution in [0.1, 0.15) is 47.2 Å². The average Bonchev–Trinajstić information content (AvgIpc) is 2.94. The van der Waals surface area contributed by atoms with Crippen LogP contribution < -0.4 is 0 Å². The Labute approximate surface area is 124 Å². The summed E-state index contributed by atoms with van der Waals surface area (Å²) in [6.45, 7) is 1.35. The van der Waals surface area contributed by atoms with E-state index >= 15 is 0 Å². The number of amides is 1. The number of carboxylic acid groups (broad SMARTS) is 1. The van der Waals surface area contributed by atoms with Crippen LogP contribution in [0.25, 0.3) is 0 Å². The van der Waals surface area contributed by atoms with Crippen LogP contribution in [0.15, 0.2) is 18.2 Å². The van der Waals surface area contributed by atoms with E-state index in [0.29, 0.717) is 13.1 Å². The minimum absolute atomic E-state index is 0.0958. The molecule has 0 bridgehead atoms. The van der Waals surface area contributed by atoms with Crippen molar-refractivity contribution in [3.05, 3.63) is 34.9 Å². The number of likely N-dealkylation sites (tertiary alicyclic amines) is 1. The number of rotatable bonds is 3. The van der Waals surface area contributed by atoms with E-state index in [4.69, 9.17) is 5.11 Å². The number of fused-ring (bicyclic) bond motifs is 1. The van der Waals surface area contributed by atoms with Gasteiger partial charge in [0, 0.05) is 25.1 Å². The van der Waals surface area contributed by atoms with Crippen molar-refractivity contribution in [2.45, 2.75) is 38.5 Å². The molecule has 3 rings (SSSR count). The van der Waals surface area contributed by atoms with Gasteiger partial charge in [0.05, 0.1) is 0 Å². The van der Waals surface area contributed by atoms with Crippen molar-refractivity contribution in [2.24, 2.45) is 5.92 Å². The quantitative estimate of drug-likeness (QED) is 0.929. The van der Waals surface area contributed by atoms with Crippen molar-refractivity contribution in [1.82, 2.24) is 4.90 Å². The number of hydrogen-bond acceptors (Lipinski definition) is 2. The molecule has 1 saturated heterocycles. The van der Waals surface area contributed by atoms with Crippen LogP contribution in [0.2, 0.25) is 0 Å². The molecule has 1 aromatic rings. The number of hydrogen-bond donors (Lipinski definition) is 1.